The molecule has 0 amide bonds. The van der Waals surface area contributed by atoms with E-state index in [4.69, 9.17) is 0 Å². The summed E-state index contributed by atoms with van der Waals surface area (Å²) in [5.41, 5.74) is -0.644. The van der Waals surface area contributed by atoms with Crippen molar-refractivity contribution in [2.24, 2.45) is 0 Å². The van der Waals surface area contributed by atoms with Gasteiger partial charge < -0.3 is 14.9 Å². The third-order valence-corrected chi connectivity index (χ3v) is 0.988. The van der Waals surface area contributed by atoms with Gasteiger partial charge in [0.1, 0.15) is 0 Å². The number of hydrogen-bond acceptors (Lipinski definition) is 3. The summed E-state index contributed by atoms with van der Waals surface area (Å²) in [5.74, 6) is -1.38. The van der Waals surface area contributed by atoms with Crippen LogP contribution >= 0.6 is 0 Å². The molecule has 11 heavy (non-hydrogen) atoms. The van der Waals surface area contributed by atoms with E-state index in [1.165, 1.54) is 18.2 Å². The zero-order valence-electron chi connectivity index (χ0n) is 5.96. The second-order valence-electron chi connectivity index (χ2n) is 1.72. The zero-order valence-corrected chi connectivity index (χ0v) is 7.96. The van der Waals surface area contributed by atoms with Crippen LogP contribution in [0.15, 0.2) is 23.0 Å². The van der Waals surface area contributed by atoms with Crippen molar-refractivity contribution in [3.63, 3.8) is 0 Å². The Morgan fingerprint density at radius 1 is 1.45 bits per heavy atom. The topological polar surface area (TPSA) is 73.0 Å². The van der Waals surface area contributed by atoms with Crippen LogP contribution in [0.2, 0.25) is 0 Å². The standard InChI is InChI=1S/C6H5NO3.Na/c8-5-3-1-2-4(7-5)6(9)10;/h1-3H,(H,7,8)(H,9,10);/q;+1/p-1. The first-order valence-corrected chi connectivity index (χ1v) is 2.61. The Hall–Kier alpha value is -0.580. The number of rotatable bonds is 1. The monoisotopic (exact) mass is 161 g/mol. The molecule has 1 aromatic rings. The smallest absolute Gasteiger partial charge is 0.543 e. The minimum Gasteiger partial charge on any atom is -0.543 e. The molecular weight excluding hydrogens is 157 g/mol. The second-order valence-corrected chi connectivity index (χ2v) is 1.72. The minimum absolute atomic E-state index is 0. The van der Waals surface area contributed by atoms with Gasteiger partial charge in [-0.05, 0) is 6.07 Å². The van der Waals surface area contributed by atoms with E-state index >= 15 is 0 Å². The maximum absolute atomic E-state index is 10.4. The van der Waals surface area contributed by atoms with Crippen molar-refractivity contribution in [3.8, 4) is 0 Å². The molecule has 1 aromatic heterocycles. The van der Waals surface area contributed by atoms with Crippen molar-refractivity contribution < 1.29 is 39.5 Å². The van der Waals surface area contributed by atoms with Crippen LogP contribution in [0, 0.1) is 0 Å². The predicted octanol–water partition coefficient (Wildman–Crippen LogP) is -4.26. The molecule has 0 aliphatic rings. The normalized spacial score (nSPS) is 8.36. The fourth-order valence-corrected chi connectivity index (χ4v) is 0.567. The van der Waals surface area contributed by atoms with Crippen LogP contribution in [-0.2, 0) is 0 Å². The summed E-state index contributed by atoms with van der Waals surface area (Å²) in [6.07, 6.45) is 0. The van der Waals surface area contributed by atoms with E-state index in [2.05, 4.69) is 4.98 Å². The molecule has 0 bridgehead atoms. The number of aromatic amines is 1. The number of carboxylic acids is 1. The van der Waals surface area contributed by atoms with Crippen molar-refractivity contribution in [2.45, 2.75) is 0 Å². The number of nitrogens with one attached hydrogen (secondary N) is 1. The van der Waals surface area contributed by atoms with Crippen LogP contribution in [0.5, 0.6) is 0 Å². The number of carbonyl (C=O) groups is 1. The molecule has 0 radical (unpaired) electrons. The number of aromatic carboxylic acids is 1. The SMILES string of the molecule is O=C([O-])c1cccc(=O)[nH]1.[Na+]. The van der Waals surface area contributed by atoms with E-state index in [0.717, 1.165) is 0 Å². The summed E-state index contributed by atoms with van der Waals surface area (Å²) in [5, 5.41) is 10.1. The molecule has 0 saturated heterocycles. The fourth-order valence-electron chi connectivity index (χ4n) is 0.567. The van der Waals surface area contributed by atoms with E-state index < -0.39 is 11.5 Å². The van der Waals surface area contributed by atoms with Crippen LogP contribution in [0.3, 0.4) is 0 Å². The molecular formula is C6H4NNaO3. The van der Waals surface area contributed by atoms with E-state index in [0.29, 0.717) is 0 Å². The average molecular weight is 161 g/mol. The molecule has 0 fully saturated rings. The largest absolute Gasteiger partial charge is 1.00 e. The molecule has 1 heterocycles. The van der Waals surface area contributed by atoms with Crippen LogP contribution in [0.25, 0.3) is 0 Å². The first kappa shape index (κ1) is 10.4. The van der Waals surface area contributed by atoms with Crippen LogP contribution in [-0.4, -0.2) is 11.0 Å². The van der Waals surface area contributed by atoms with E-state index in [1.807, 2.05) is 0 Å². The summed E-state index contributed by atoms with van der Waals surface area (Å²) in [6, 6.07) is 3.84. The molecule has 0 aliphatic carbocycles. The Bertz CT molecular complexity index is 307. The Kier molecular flexibility index (Phi) is 4.10. The molecule has 0 atom stereocenters. The van der Waals surface area contributed by atoms with Gasteiger partial charge in [0.15, 0.2) is 0 Å². The van der Waals surface area contributed by atoms with E-state index in [-0.39, 0.29) is 35.3 Å². The van der Waals surface area contributed by atoms with Gasteiger partial charge in [0.05, 0.1) is 11.7 Å². The Morgan fingerprint density at radius 3 is 2.45 bits per heavy atom. The number of hydrogen-bond donors (Lipinski definition) is 1. The van der Waals surface area contributed by atoms with Gasteiger partial charge in [0.2, 0.25) is 5.56 Å². The number of H-pyrrole nitrogens is 1. The third kappa shape index (κ3) is 2.88. The second kappa shape index (κ2) is 4.33. The van der Waals surface area contributed by atoms with Gasteiger partial charge in [-0.25, -0.2) is 0 Å². The Labute approximate surface area is 84.5 Å². The zero-order chi connectivity index (χ0) is 7.56. The number of pyridine rings is 1. The maximum atomic E-state index is 10.4. The summed E-state index contributed by atoms with van der Waals surface area (Å²) < 4.78 is 0. The first-order chi connectivity index (χ1) is 4.70. The summed E-state index contributed by atoms with van der Waals surface area (Å²) >= 11 is 0. The van der Waals surface area contributed by atoms with Gasteiger partial charge in [-0.2, -0.15) is 0 Å². The Balaban J connectivity index is 0.000001000. The fraction of sp³-hybridized carbons (Fsp3) is 0. The molecule has 0 unspecified atom stereocenters. The molecule has 5 heteroatoms. The molecule has 0 saturated carbocycles. The molecule has 0 aromatic carbocycles. The van der Waals surface area contributed by atoms with Crippen LogP contribution < -0.4 is 40.2 Å². The summed E-state index contributed by atoms with van der Waals surface area (Å²) in [6.45, 7) is 0. The summed E-state index contributed by atoms with van der Waals surface area (Å²) in [4.78, 5) is 22.6. The molecule has 0 spiro atoms. The van der Waals surface area contributed by atoms with Crippen molar-refractivity contribution in [2.75, 3.05) is 0 Å². The van der Waals surface area contributed by atoms with Gasteiger partial charge >= 0.3 is 29.6 Å². The minimum atomic E-state index is -1.38. The predicted molar refractivity (Wildman–Crippen MR) is 31.4 cm³/mol. The molecule has 52 valence electrons. The molecule has 1 N–H and O–H groups in total. The van der Waals surface area contributed by atoms with Gasteiger partial charge in [-0.1, -0.05) is 6.07 Å². The van der Waals surface area contributed by atoms with Gasteiger partial charge in [0.25, 0.3) is 0 Å². The number of carboxylic acid groups (broad SMARTS) is 1. The van der Waals surface area contributed by atoms with Crippen molar-refractivity contribution in [1.82, 2.24) is 4.98 Å². The third-order valence-electron chi connectivity index (χ3n) is 0.988. The molecule has 0 aliphatic heterocycles. The van der Waals surface area contributed by atoms with Crippen LogP contribution in [0.1, 0.15) is 10.5 Å². The van der Waals surface area contributed by atoms with E-state index in [1.54, 1.807) is 0 Å². The van der Waals surface area contributed by atoms with E-state index in [9.17, 15) is 14.7 Å². The maximum Gasteiger partial charge on any atom is 1.00 e. The van der Waals surface area contributed by atoms with Gasteiger partial charge in [0, 0.05) is 6.07 Å². The number of aromatic nitrogens is 1. The van der Waals surface area contributed by atoms with Crippen molar-refractivity contribution in [3.05, 3.63) is 34.2 Å². The van der Waals surface area contributed by atoms with Crippen molar-refractivity contribution >= 4 is 5.97 Å². The molecule has 4 nitrogen and oxygen atoms in total. The summed E-state index contributed by atoms with van der Waals surface area (Å²) in [7, 11) is 0. The Morgan fingerprint density at radius 2 is 2.09 bits per heavy atom. The quantitative estimate of drug-likeness (QED) is 0.424. The van der Waals surface area contributed by atoms with Gasteiger partial charge in [-0.3, -0.25) is 4.79 Å². The first-order valence-electron chi connectivity index (χ1n) is 2.61. The average Bonchev–Trinajstić information content (AvgIpc) is 1.88. The van der Waals surface area contributed by atoms with Gasteiger partial charge in [-0.15, -0.1) is 0 Å². The number of carbonyl (C=O) groups excluding carboxylic acids is 1. The van der Waals surface area contributed by atoms with Crippen LogP contribution in [0.4, 0.5) is 0 Å². The molecule has 1 rings (SSSR count). The van der Waals surface area contributed by atoms with Crippen molar-refractivity contribution in [1.29, 1.82) is 0 Å².